The maximum Gasteiger partial charge on any atom is 0.0931 e. The van der Waals surface area contributed by atoms with E-state index >= 15 is 0 Å². The standard InChI is InChI=1S/C14H23ClN2S/c1-3-17-8-6-12(7-9-17)11(2)16-10-13-4-5-14(15)18-13/h4-5,11-12,16H,3,6-10H2,1-2H3. The number of hydrogen-bond acceptors (Lipinski definition) is 3. The predicted octanol–water partition coefficient (Wildman–Crippen LogP) is 3.61. The Hall–Kier alpha value is -0.0900. The molecule has 0 radical (unpaired) electrons. The summed E-state index contributed by atoms with van der Waals surface area (Å²) in [5, 5.41) is 3.65. The summed E-state index contributed by atoms with van der Waals surface area (Å²) in [6.45, 7) is 9.24. The molecule has 1 aliphatic heterocycles. The van der Waals surface area contributed by atoms with E-state index in [1.165, 1.54) is 37.4 Å². The van der Waals surface area contributed by atoms with E-state index in [9.17, 15) is 0 Å². The van der Waals surface area contributed by atoms with E-state index < -0.39 is 0 Å². The van der Waals surface area contributed by atoms with Crippen molar-refractivity contribution in [3.8, 4) is 0 Å². The first-order valence-electron chi connectivity index (χ1n) is 6.89. The number of nitrogens with zero attached hydrogens (tertiary/aromatic N) is 1. The largest absolute Gasteiger partial charge is 0.309 e. The van der Waals surface area contributed by atoms with Gasteiger partial charge in [-0.05, 0) is 57.5 Å². The molecule has 2 nitrogen and oxygen atoms in total. The first kappa shape index (κ1) is 14.3. The highest BCUT2D eigenvalue weighted by molar-refractivity contribution is 7.16. The van der Waals surface area contributed by atoms with Crippen molar-refractivity contribution in [2.24, 2.45) is 5.92 Å². The van der Waals surface area contributed by atoms with E-state index in [4.69, 9.17) is 11.6 Å². The highest BCUT2D eigenvalue weighted by atomic mass is 35.5. The quantitative estimate of drug-likeness (QED) is 0.889. The molecule has 0 spiro atoms. The summed E-state index contributed by atoms with van der Waals surface area (Å²) in [5.74, 6) is 0.822. The van der Waals surface area contributed by atoms with Crippen LogP contribution in [0, 0.1) is 5.92 Å². The summed E-state index contributed by atoms with van der Waals surface area (Å²) in [6, 6.07) is 4.70. The third-order valence-electron chi connectivity index (χ3n) is 4.01. The summed E-state index contributed by atoms with van der Waals surface area (Å²) in [4.78, 5) is 3.88. The van der Waals surface area contributed by atoms with Crippen LogP contribution in [0.3, 0.4) is 0 Å². The Morgan fingerprint density at radius 2 is 2.17 bits per heavy atom. The van der Waals surface area contributed by atoms with Crippen molar-refractivity contribution in [1.29, 1.82) is 0 Å². The fourth-order valence-electron chi connectivity index (χ4n) is 2.64. The number of likely N-dealkylation sites (tertiary alicyclic amines) is 1. The van der Waals surface area contributed by atoms with E-state index in [0.29, 0.717) is 6.04 Å². The molecule has 4 heteroatoms. The molecule has 18 heavy (non-hydrogen) atoms. The van der Waals surface area contributed by atoms with Crippen LogP contribution in [-0.4, -0.2) is 30.6 Å². The van der Waals surface area contributed by atoms with Crippen LogP contribution in [-0.2, 0) is 6.54 Å². The Morgan fingerprint density at radius 1 is 1.44 bits per heavy atom. The van der Waals surface area contributed by atoms with Gasteiger partial charge in [0, 0.05) is 17.5 Å². The first-order chi connectivity index (χ1) is 8.69. The average molecular weight is 287 g/mol. The molecule has 0 amide bonds. The van der Waals surface area contributed by atoms with E-state index in [1.54, 1.807) is 11.3 Å². The minimum Gasteiger partial charge on any atom is -0.309 e. The Bertz CT molecular complexity index is 358. The molecule has 2 rings (SSSR count). The molecule has 0 bridgehead atoms. The summed E-state index contributed by atoms with van der Waals surface area (Å²) in [6.07, 6.45) is 2.65. The van der Waals surface area contributed by atoms with Gasteiger partial charge in [0.15, 0.2) is 0 Å². The van der Waals surface area contributed by atoms with Crippen molar-refractivity contribution in [2.45, 2.75) is 39.3 Å². The molecule has 1 aromatic heterocycles. The van der Waals surface area contributed by atoms with Gasteiger partial charge in [0.1, 0.15) is 0 Å². The SMILES string of the molecule is CCN1CCC(C(C)NCc2ccc(Cl)s2)CC1. The van der Waals surface area contributed by atoms with Crippen molar-refractivity contribution in [1.82, 2.24) is 10.2 Å². The number of thiophene rings is 1. The molecule has 1 fully saturated rings. The Morgan fingerprint density at radius 3 is 2.72 bits per heavy atom. The number of nitrogens with one attached hydrogen (secondary N) is 1. The van der Waals surface area contributed by atoms with Crippen molar-refractivity contribution >= 4 is 22.9 Å². The van der Waals surface area contributed by atoms with E-state index in [1.807, 2.05) is 6.07 Å². The summed E-state index contributed by atoms with van der Waals surface area (Å²) in [5.41, 5.74) is 0. The molecule has 1 unspecified atom stereocenters. The number of piperidine rings is 1. The fourth-order valence-corrected chi connectivity index (χ4v) is 3.68. The van der Waals surface area contributed by atoms with Crippen molar-refractivity contribution in [2.75, 3.05) is 19.6 Å². The lowest BCUT2D eigenvalue weighted by Crippen LogP contribution is -2.41. The lowest BCUT2D eigenvalue weighted by Gasteiger charge is -2.34. The van der Waals surface area contributed by atoms with Gasteiger partial charge in [-0.2, -0.15) is 0 Å². The smallest absolute Gasteiger partial charge is 0.0931 e. The molecule has 1 N–H and O–H groups in total. The molecular formula is C14H23ClN2S. The third-order valence-corrected chi connectivity index (χ3v) is 5.24. The molecular weight excluding hydrogens is 264 g/mol. The molecule has 1 aliphatic rings. The molecule has 102 valence electrons. The Balaban J connectivity index is 1.73. The zero-order valence-electron chi connectivity index (χ0n) is 11.3. The summed E-state index contributed by atoms with van der Waals surface area (Å²) in [7, 11) is 0. The van der Waals surface area contributed by atoms with Crippen molar-refractivity contribution < 1.29 is 0 Å². The first-order valence-corrected chi connectivity index (χ1v) is 8.08. The second-order valence-corrected chi connectivity index (χ2v) is 6.95. The third kappa shape index (κ3) is 3.95. The maximum atomic E-state index is 5.94. The highest BCUT2D eigenvalue weighted by Crippen LogP contribution is 2.23. The topological polar surface area (TPSA) is 15.3 Å². The van der Waals surface area contributed by atoms with Gasteiger partial charge in [-0.3, -0.25) is 0 Å². The number of rotatable bonds is 5. The minimum absolute atomic E-state index is 0.602. The molecule has 0 saturated carbocycles. The van der Waals surface area contributed by atoms with Crippen LogP contribution < -0.4 is 5.32 Å². The molecule has 0 aromatic carbocycles. The normalized spacial score (nSPS) is 20.2. The van der Waals surface area contributed by atoms with Gasteiger partial charge in [-0.1, -0.05) is 18.5 Å². The molecule has 1 atom stereocenters. The van der Waals surface area contributed by atoms with Gasteiger partial charge in [-0.15, -0.1) is 11.3 Å². The van der Waals surface area contributed by atoms with Crippen LogP contribution in [0.25, 0.3) is 0 Å². The molecule has 1 saturated heterocycles. The number of hydrogen-bond donors (Lipinski definition) is 1. The zero-order valence-corrected chi connectivity index (χ0v) is 12.9. The second kappa shape index (κ2) is 6.90. The van der Waals surface area contributed by atoms with E-state index in [2.05, 4.69) is 30.1 Å². The van der Waals surface area contributed by atoms with Crippen LogP contribution in [0.2, 0.25) is 4.34 Å². The number of halogens is 1. The second-order valence-electron chi connectivity index (χ2n) is 5.15. The van der Waals surface area contributed by atoms with Gasteiger partial charge in [0.05, 0.1) is 4.34 Å². The monoisotopic (exact) mass is 286 g/mol. The highest BCUT2D eigenvalue weighted by Gasteiger charge is 2.22. The van der Waals surface area contributed by atoms with Gasteiger partial charge in [-0.25, -0.2) is 0 Å². The van der Waals surface area contributed by atoms with Gasteiger partial charge >= 0.3 is 0 Å². The lowest BCUT2D eigenvalue weighted by atomic mass is 9.90. The Kier molecular flexibility index (Phi) is 5.49. The molecule has 0 aliphatic carbocycles. The maximum absolute atomic E-state index is 5.94. The minimum atomic E-state index is 0.602. The van der Waals surface area contributed by atoms with Crippen molar-refractivity contribution in [3.05, 3.63) is 21.3 Å². The predicted molar refractivity (Wildman–Crippen MR) is 80.5 cm³/mol. The van der Waals surface area contributed by atoms with Crippen LogP contribution in [0.4, 0.5) is 0 Å². The van der Waals surface area contributed by atoms with E-state index in [-0.39, 0.29) is 0 Å². The van der Waals surface area contributed by atoms with Gasteiger partial charge < -0.3 is 10.2 Å². The fraction of sp³-hybridized carbons (Fsp3) is 0.714. The van der Waals surface area contributed by atoms with Crippen LogP contribution in [0.5, 0.6) is 0 Å². The zero-order chi connectivity index (χ0) is 13.0. The molecule has 1 aromatic rings. The van der Waals surface area contributed by atoms with Gasteiger partial charge in [0.25, 0.3) is 0 Å². The average Bonchev–Trinajstić information content (AvgIpc) is 2.82. The lowest BCUT2D eigenvalue weighted by molar-refractivity contribution is 0.168. The van der Waals surface area contributed by atoms with Gasteiger partial charge in [0.2, 0.25) is 0 Å². The van der Waals surface area contributed by atoms with E-state index in [0.717, 1.165) is 16.8 Å². The van der Waals surface area contributed by atoms with Crippen LogP contribution in [0.1, 0.15) is 31.6 Å². The Labute approximate surface area is 119 Å². The summed E-state index contributed by atoms with van der Waals surface area (Å²) >= 11 is 7.62. The summed E-state index contributed by atoms with van der Waals surface area (Å²) < 4.78 is 0.885. The molecule has 2 heterocycles. The van der Waals surface area contributed by atoms with Crippen molar-refractivity contribution in [3.63, 3.8) is 0 Å². The van der Waals surface area contributed by atoms with Crippen LogP contribution in [0.15, 0.2) is 12.1 Å². The van der Waals surface area contributed by atoms with Crippen LogP contribution >= 0.6 is 22.9 Å².